The maximum Gasteiger partial charge on any atom is 0.273 e. The number of nitrogens with two attached hydrogens (primary N) is 2. The number of aromatic nitrogens is 1. The summed E-state index contributed by atoms with van der Waals surface area (Å²) >= 11 is 0.754. The second-order valence-electron chi connectivity index (χ2n) is 8.71. The molecular weight excluding hydrogens is 490 g/mol. The lowest BCUT2D eigenvalue weighted by Gasteiger charge is -2.30. The Morgan fingerprint density at radius 3 is 2.27 bits per heavy atom. The van der Waals surface area contributed by atoms with Gasteiger partial charge in [0.2, 0.25) is 0 Å². The van der Waals surface area contributed by atoms with Gasteiger partial charge in [0.15, 0.2) is 11.7 Å². The van der Waals surface area contributed by atoms with E-state index in [1.54, 1.807) is 31.2 Å². The summed E-state index contributed by atoms with van der Waals surface area (Å²) in [7, 11) is 0. The molecule has 0 unspecified atom stereocenters. The van der Waals surface area contributed by atoms with Gasteiger partial charge >= 0.3 is 0 Å². The molecule has 0 fully saturated rings. The molecule has 9 nitrogen and oxygen atoms in total. The Morgan fingerprint density at radius 1 is 1.03 bits per heavy atom. The van der Waals surface area contributed by atoms with Gasteiger partial charge in [0.1, 0.15) is 16.4 Å². The van der Waals surface area contributed by atoms with E-state index in [9.17, 15) is 14.4 Å². The van der Waals surface area contributed by atoms with Crippen molar-refractivity contribution in [2.45, 2.75) is 33.4 Å². The van der Waals surface area contributed by atoms with E-state index in [-0.39, 0.29) is 28.6 Å². The predicted octanol–water partition coefficient (Wildman–Crippen LogP) is 4.05. The van der Waals surface area contributed by atoms with Crippen molar-refractivity contribution in [3.63, 3.8) is 0 Å². The van der Waals surface area contributed by atoms with Crippen LogP contribution in [0.2, 0.25) is 0 Å². The number of anilines is 2. The van der Waals surface area contributed by atoms with Crippen molar-refractivity contribution in [2.24, 2.45) is 5.73 Å². The molecule has 0 aliphatic heterocycles. The average Bonchev–Trinajstić information content (AvgIpc) is 3.45. The molecule has 2 heterocycles. The number of furan rings is 1. The molecule has 5 N–H and O–H groups in total. The molecule has 190 valence electrons. The summed E-state index contributed by atoms with van der Waals surface area (Å²) in [5.41, 5.74) is 14.3. The van der Waals surface area contributed by atoms with Crippen LogP contribution in [0.4, 0.5) is 11.4 Å². The van der Waals surface area contributed by atoms with E-state index < -0.39 is 23.8 Å². The highest BCUT2D eigenvalue weighted by atomic mass is 32.1. The first-order valence-corrected chi connectivity index (χ1v) is 12.3. The van der Waals surface area contributed by atoms with Crippen LogP contribution in [0.3, 0.4) is 0 Å². The van der Waals surface area contributed by atoms with E-state index in [1.807, 2.05) is 50.2 Å². The molecule has 0 saturated heterocycles. The van der Waals surface area contributed by atoms with Crippen LogP contribution in [0.1, 0.15) is 54.4 Å². The van der Waals surface area contributed by atoms with Crippen LogP contribution >= 0.6 is 11.5 Å². The predicted molar refractivity (Wildman–Crippen MR) is 142 cm³/mol. The fraction of sp³-hybridized carbons (Fsp3) is 0.185. The van der Waals surface area contributed by atoms with E-state index in [0.717, 1.165) is 28.2 Å². The summed E-state index contributed by atoms with van der Waals surface area (Å²) in [5, 5.41) is 2.92. The molecule has 2 aromatic carbocycles. The molecule has 2 aromatic heterocycles. The quantitative estimate of drug-likeness (QED) is 0.322. The maximum atomic E-state index is 14.1. The first kappa shape index (κ1) is 25.6. The minimum atomic E-state index is -1.18. The fourth-order valence-corrected chi connectivity index (χ4v) is 4.81. The van der Waals surface area contributed by atoms with Crippen molar-refractivity contribution in [3.8, 4) is 0 Å². The van der Waals surface area contributed by atoms with Gasteiger partial charge in [-0.15, -0.1) is 0 Å². The van der Waals surface area contributed by atoms with Gasteiger partial charge in [0, 0.05) is 12.2 Å². The number of carbonyl (C=O) groups is 3. The molecule has 3 amide bonds. The highest BCUT2D eigenvalue weighted by molar-refractivity contribution is 7.09. The van der Waals surface area contributed by atoms with Crippen LogP contribution in [0.25, 0.3) is 0 Å². The van der Waals surface area contributed by atoms with Crippen molar-refractivity contribution in [3.05, 3.63) is 99.4 Å². The second kappa shape index (κ2) is 10.7. The van der Waals surface area contributed by atoms with E-state index in [1.165, 1.54) is 4.90 Å². The molecule has 4 rings (SSSR count). The molecule has 4 aromatic rings. The lowest BCUT2D eigenvalue weighted by atomic mass is 10.1. The van der Waals surface area contributed by atoms with Crippen molar-refractivity contribution in [1.82, 2.24) is 9.69 Å². The Bertz CT molecular complexity index is 1440. The van der Waals surface area contributed by atoms with Crippen LogP contribution in [0.15, 0.2) is 65.1 Å². The fourth-order valence-electron chi connectivity index (χ4n) is 4.07. The monoisotopic (exact) mass is 517 g/mol. The topological polar surface area (TPSA) is 145 Å². The van der Waals surface area contributed by atoms with Crippen molar-refractivity contribution in [1.29, 1.82) is 0 Å². The number of primary amides is 1. The summed E-state index contributed by atoms with van der Waals surface area (Å²) in [5.74, 6) is -1.05. The molecule has 0 bridgehead atoms. The Morgan fingerprint density at radius 2 is 1.70 bits per heavy atom. The van der Waals surface area contributed by atoms with Gasteiger partial charge in [-0.3, -0.25) is 19.3 Å². The molecule has 0 aliphatic rings. The van der Waals surface area contributed by atoms with Gasteiger partial charge in [-0.25, -0.2) is 0 Å². The number of rotatable bonds is 8. The third-order valence-corrected chi connectivity index (χ3v) is 6.56. The zero-order valence-electron chi connectivity index (χ0n) is 20.6. The van der Waals surface area contributed by atoms with Gasteiger partial charge in [-0.2, -0.15) is 4.37 Å². The van der Waals surface area contributed by atoms with Crippen LogP contribution in [-0.4, -0.2) is 22.1 Å². The Balaban J connectivity index is 1.84. The minimum absolute atomic E-state index is 0.00269. The molecule has 0 spiro atoms. The third-order valence-electron chi connectivity index (χ3n) is 5.71. The van der Waals surface area contributed by atoms with Crippen molar-refractivity contribution >= 4 is 40.6 Å². The lowest BCUT2D eigenvalue weighted by Crippen LogP contribution is -2.44. The average molecular weight is 518 g/mol. The third kappa shape index (κ3) is 5.54. The number of amides is 3. The first-order valence-electron chi connectivity index (χ1n) is 11.5. The molecule has 0 saturated carbocycles. The van der Waals surface area contributed by atoms with E-state index in [4.69, 9.17) is 15.9 Å². The Hall–Kier alpha value is -4.44. The minimum Gasteiger partial charge on any atom is -0.464 e. The number of nitrogen functional groups attached to an aromatic ring is 1. The number of nitrogens with zero attached hydrogens (tertiary/aromatic N) is 2. The standard InChI is InChI=1S/C27H27N5O4S/c1-15-11-16(2)13-19(12-15)32(27(35)24-21(28)22(25(29)33)31-37-24)23(20-10-9-17(3)36-20)26(34)30-14-18-7-5-4-6-8-18/h4-13,23H,14,28H2,1-3H3,(H2,29,33)(H,30,34)/t23-/m0/s1. The Kier molecular flexibility index (Phi) is 7.40. The number of benzene rings is 2. The molecule has 37 heavy (non-hydrogen) atoms. The smallest absolute Gasteiger partial charge is 0.273 e. The second-order valence-corrected chi connectivity index (χ2v) is 9.49. The highest BCUT2D eigenvalue weighted by Gasteiger charge is 2.38. The summed E-state index contributed by atoms with van der Waals surface area (Å²) in [6.07, 6.45) is 0. The zero-order valence-corrected chi connectivity index (χ0v) is 21.5. The van der Waals surface area contributed by atoms with Crippen LogP contribution in [0.5, 0.6) is 0 Å². The Labute approximate surface area is 218 Å². The lowest BCUT2D eigenvalue weighted by molar-refractivity contribution is -0.123. The highest BCUT2D eigenvalue weighted by Crippen LogP contribution is 2.34. The SMILES string of the molecule is Cc1cc(C)cc(N(C(=O)c2snc(C(N)=O)c2N)[C@H](C(=O)NCc2ccccc2)c2ccc(C)o2)c1. The summed E-state index contributed by atoms with van der Waals surface area (Å²) in [4.78, 5) is 40.9. The normalized spacial score (nSPS) is 11.6. The van der Waals surface area contributed by atoms with Crippen LogP contribution < -0.4 is 21.7 Å². The van der Waals surface area contributed by atoms with Crippen molar-refractivity contribution in [2.75, 3.05) is 10.6 Å². The number of hydrogen-bond acceptors (Lipinski definition) is 7. The molecule has 1 atom stereocenters. The number of aryl methyl sites for hydroxylation is 3. The number of hydrogen-bond donors (Lipinski definition) is 3. The molecular formula is C27H27N5O4S. The van der Waals surface area contributed by atoms with Gasteiger partial charge in [0.25, 0.3) is 17.7 Å². The van der Waals surface area contributed by atoms with Gasteiger partial charge in [-0.1, -0.05) is 36.4 Å². The van der Waals surface area contributed by atoms with E-state index >= 15 is 0 Å². The summed E-state index contributed by atoms with van der Waals surface area (Å²) in [6, 6.07) is 17.2. The van der Waals surface area contributed by atoms with E-state index in [0.29, 0.717) is 11.4 Å². The van der Waals surface area contributed by atoms with Gasteiger partial charge in [-0.05, 0) is 73.3 Å². The van der Waals surface area contributed by atoms with Crippen LogP contribution in [-0.2, 0) is 11.3 Å². The number of carbonyl (C=O) groups excluding carboxylic acids is 3. The maximum absolute atomic E-state index is 14.1. The van der Waals surface area contributed by atoms with E-state index in [2.05, 4.69) is 9.69 Å². The van der Waals surface area contributed by atoms with Gasteiger partial charge < -0.3 is 21.2 Å². The first-order chi connectivity index (χ1) is 17.7. The van der Waals surface area contributed by atoms with Crippen LogP contribution in [0, 0.1) is 20.8 Å². The molecule has 0 aliphatic carbocycles. The summed E-state index contributed by atoms with van der Waals surface area (Å²) in [6.45, 7) is 5.80. The van der Waals surface area contributed by atoms with Gasteiger partial charge in [0.05, 0.1) is 5.69 Å². The summed E-state index contributed by atoms with van der Waals surface area (Å²) < 4.78 is 9.84. The largest absolute Gasteiger partial charge is 0.464 e. The molecule has 10 heteroatoms. The molecule has 0 radical (unpaired) electrons. The zero-order chi connectivity index (χ0) is 26.7. The van der Waals surface area contributed by atoms with Crippen molar-refractivity contribution < 1.29 is 18.8 Å². The number of nitrogens with one attached hydrogen (secondary N) is 1.